The summed E-state index contributed by atoms with van der Waals surface area (Å²) in [4.78, 5) is 2.57. The Hall–Kier alpha value is -0.160. The second-order valence-electron chi connectivity index (χ2n) is 5.53. The lowest BCUT2D eigenvalue weighted by Gasteiger charge is -2.33. The Labute approximate surface area is 105 Å². The highest BCUT2D eigenvalue weighted by Crippen LogP contribution is 2.41. The summed E-state index contributed by atoms with van der Waals surface area (Å²) >= 11 is 0. The van der Waals surface area contributed by atoms with Crippen LogP contribution in [0.5, 0.6) is 0 Å². The Kier molecular flexibility index (Phi) is 4.79. The summed E-state index contributed by atoms with van der Waals surface area (Å²) in [7, 11) is 3.59. The Morgan fingerprint density at radius 2 is 2.00 bits per heavy atom. The highest BCUT2D eigenvalue weighted by Gasteiger charge is 2.43. The summed E-state index contributed by atoms with van der Waals surface area (Å²) in [6.45, 7) is 6.31. The lowest BCUT2D eigenvalue weighted by atomic mass is 9.77. The van der Waals surface area contributed by atoms with Crippen LogP contribution in [0.2, 0.25) is 0 Å². The molecule has 1 atom stereocenters. The van der Waals surface area contributed by atoms with E-state index in [1.807, 2.05) is 7.11 Å². The number of rotatable bonds is 5. The molecule has 1 spiro atoms. The van der Waals surface area contributed by atoms with Crippen LogP contribution in [-0.2, 0) is 9.47 Å². The number of nitrogens with one attached hydrogen (secondary N) is 1. The van der Waals surface area contributed by atoms with E-state index in [2.05, 4.69) is 10.2 Å². The summed E-state index contributed by atoms with van der Waals surface area (Å²) in [5.74, 6) is 0. The van der Waals surface area contributed by atoms with E-state index in [0.29, 0.717) is 11.5 Å². The van der Waals surface area contributed by atoms with Gasteiger partial charge >= 0.3 is 0 Å². The monoisotopic (exact) mass is 242 g/mol. The van der Waals surface area contributed by atoms with Crippen molar-refractivity contribution in [1.82, 2.24) is 10.2 Å². The van der Waals surface area contributed by atoms with Crippen molar-refractivity contribution in [2.45, 2.75) is 25.3 Å². The first-order valence-corrected chi connectivity index (χ1v) is 6.72. The number of ether oxygens (including phenoxy) is 2. The summed E-state index contributed by atoms with van der Waals surface area (Å²) in [5, 5.41) is 3.47. The largest absolute Gasteiger partial charge is 0.383 e. The van der Waals surface area contributed by atoms with Crippen LogP contribution in [0, 0.1) is 5.41 Å². The highest BCUT2D eigenvalue weighted by molar-refractivity contribution is 4.98. The van der Waals surface area contributed by atoms with E-state index in [4.69, 9.17) is 9.47 Å². The number of nitrogens with zero attached hydrogens (tertiary/aromatic N) is 1. The van der Waals surface area contributed by atoms with Gasteiger partial charge in [0.2, 0.25) is 0 Å². The molecule has 2 fully saturated rings. The topological polar surface area (TPSA) is 33.7 Å². The van der Waals surface area contributed by atoms with Crippen molar-refractivity contribution < 1.29 is 9.47 Å². The van der Waals surface area contributed by atoms with Crippen molar-refractivity contribution in [3.8, 4) is 0 Å². The second kappa shape index (κ2) is 6.14. The molecule has 4 nitrogen and oxygen atoms in total. The zero-order valence-corrected chi connectivity index (χ0v) is 11.2. The van der Waals surface area contributed by atoms with Gasteiger partial charge in [-0.3, -0.25) is 4.90 Å². The quantitative estimate of drug-likeness (QED) is 0.770. The normalized spacial score (nSPS) is 28.9. The zero-order valence-electron chi connectivity index (χ0n) is 11.2. The fourth-order valence-corrected chi connectivity index (χ4v) is 3.40. The minimum Gasteiger partial charge on any atom is -0.383 e. The predicted octanol–water partition coefficient (Wildman–Crippen LogP) is 0.723. The Balaban J connectivity index is 1.94. The Morgan fingerprint density at radius 1 is 1.24 bits per heavy atom. The maximum atomic E-state index is 5.37. The molecule has 2 heterocycles. The van der Waals surface area contributed by atoms with E-state index < -0.39 is 0 Å². The minimum absolute atomic E-state index is 0.544. The number of likely N-dealkylation sites (tertiary alicyclic amines) is 1. The van der Waals surface area contributed by atoms with Gasteiger partial charge in [0, 0.05) is 33.4 Å². The maximum Gasteiger partial charge on any atom is 0.0618 e. The van der Waals surface area contributed by atoms with E-state index in [1.54, 1.807) is 7.11 Å². The fourth-order valence-electron chi connectivity index (χ4n) is 3.40. The van der Waals surface area contributed by atoms with Crippen LogP contribution in [0.25, 0.3) is 0 Å². The third kappa shape index (κ3) is 3.19. The van der Waals surface area contributed by atoms with E-state index in [0.717, 1.165) is 19.8 Å². The molecule has 0 bridgehead atoms. The summed E-state index contributed by atoms with van der Waals surface area (Å²) in [6, 6.07) is 0.591. The molecule has 4 heteroatoms. The van der Waals surface area contributed by atoms with Crippen molar-refractivity contribution in [3.05, 3.63) is 0 Å². The van der Waals surface area contributed by atoms with Gasteiger partial charge in [-0.25, -0.2) is 0 Å². The van der Waals surface area contributed by atoms with Gasteiger partial charge in [-0.05, 0) is 37.8 Å². The third-order valence-electron chi connectivity index (χ3n) is 4.33. The summed E-state index contributed by atoms with van der Waals surface area (Å²) in [5.41, 5.74) is 0.544. The van der Waals surface area contributed by atoms with Gasteiger partial charge in [0.15, 0.2) is 0 Å². The van der Waals surface area contributed by atoms with E-state index in [9.17, 15) is 0 Å². The van der Waals surface area contributed by atoms with Gasteiger partial charge in [0.25, 0.3) is 0 Å². The minimum atomic E-state index is 0.544. The van der Waals surface area contributed by atoms with Crippen molar-refractivity contribution in [1.29, 1.82) is 0 Å². The summed E-state index contributed by atoms with van der Waals surface area (Å²) < 4.78 is 10.6. The van der Waals surface area contributed by atoms with Crippen molar-refractivity contribution in [2.24, 2.45) is 5.41 Å². The molecule has 0 radical (unpaired) electrons. The average molecular weight is 242 g/mol. The second-order valence-corrected chi connectivity index (χ2v) is 5.53. The Morgan fingerprint density at radius 3 is 2.65 bits per heavy atom. The van der Waals surface area contributed by atoms with Crippen LogP contribution in [0.1, 0.15) is 19.3 Å². The molecule has 2 aliphatic rings. The number of piperidine rings is 1. The first-order chi connectivity index (χ1) is 8.29. The molecule has 0 aromatic rings. The first-order valence-electron chi connectivity index (χ1n) is 6.72. The molecule has 100 valence electrons. The number of hydrogen-bond donors (Lipinski definition) is 1. The molecule has 1 unspecified atom stereocenters. The van der Waals surface area contributed by atoms with Crippen molar-refractivity contribution in [3.63, 3.8) is 0 Å². The lowest BCUT2D eigenvalue weighted by Crippen LogP contribution is -2.39. The van der Waals surface area contributed by atoms with Crippen LogP contribution in [-0.4, -0.2) is 64.6 Å². The molecule has 0 aromatic heterocycles. The van der Waals surface area contributed by atoms with Crippen LogP contribution >= 0.6 is 0 Å². The molecule has 2 rings (SSSR count). The van der Waals surface area contributed by atoms with Gasteiger partial charge in [0.1, 0.15) is 0 Å². The molecular weight excluding hydrogens is 216 g/mol. The molecular formula is C13H26N2O2. The van der Waals surface area contributed by atoms with E-state index in [-0.39, 0.29) is 0 Å². The standard InChI is InChI=1S/C13H26N2O2/c1-16-8-7-15-11-13(3-5-14-6-4-13)9-12(15)10-17-2/h12,14H,3-11H2,1-2H3. The smallest absolute Gasteiger partial charge is 0.0618 e. The Bertz CT molecular complexity index is 229. The molecule has 0 aromatic carbocycles. The van der Waals surface area contributed by atoms with Crippen molar-refractivity contribution in [2.75, 3.05) is 53.6 Å². The fraction of sp³-hybridized carbons (Fsp3) is 1.00. The third-order valence-corrected chi connectivity index (χ3v) is 4.33. The summed E-state index contributed by atoms with van der Waals surface area (Å²) in [6.07, 6.45) is 3.93. The molecule has 0 aliphatic carbocycles. The van der Waals surface area contributed by atoms with Crippen LogP contribution in [0.3, 0.4) is 0 Å². The number of methoxy groups -OCH3 is 2. The highest BCUT2D eigenvalue weighted by atomic mass is 16.5. The van der Waals surface area contributed by atoms with Gasteiger partial charge in [-0.1, -0.05) is 0 Å². The molecule has 1 N–H and O–H groups in total. The lowest BCUT2D eigenvalue weighted by molar-refractivity contribution is 0.0900. The van der Waals surface area contributed by atoms with Crippen LogP contribution in [0.4, 0.5) is 0 Å². The number of hydrogen-bond acceptors (Lipinski definition) is 4. The molecule has 2 aliphatic heterocycles. The molecule has 17 heavy (non-hydrogen) atoms. The van der Waals surface area contributed by atoms with E-state index in [1.165, 1.54) is 38.9 Å². The average Bonchev–Trinajstić information content (AvgIpc) is 2.66. The van der Waals surface area contributed by atoms with Crippen LogP contribution < -0.4 is 5.32 Å². The molecule has 0 saturated carbocycles. The van der Waals surface area contributed by atoms with Gasteiger partial charge in [-0.15, -0.1) is 0 Å². The van der Waals surface area contributed by atoms with Crippen molar-refractivity contribution >= 4 is 0 Å². The SMILES string of the molecule is COCCN1CC2(CCNCC2)CC1COC. The molecule has 2 saturated heterocycles. The maximum absolute atomic E-state index is 5.37. The molecule has 0 amide bonds. The predicted molar refractivity (Wildman–Crippen MR) is 68.3 cm³/mol. The van der Waals surface area contributed by atoms with E-state index >= 15 is 0 Å². The van der Waals surface area contributed by atoms with Gasteiger partial charge in [-0.2, -0.15) is 0 Å². The van der Waals surface area contributed by atoms with Crippen LogP contribution in [0.15, 0.2) is 0 Å². The van der Waals surface area contributed by atoms with Gasteiger partial charge < -0.3 is 14.8 Å². The zero-order chi connectivity index (χ0) is 12.1. The van der Waals surface area contributed by atoms with Gasteiger partial charge in [0.05, 0.1) is 13.2 Å². The first kappa shape index (κ1) is 13.3.